The van der Waals surface area contributed by atoms with Crippen LogP contribution in [0.2, 0.25) is 5.02 Å². The maximum Gasteiger partial charge on any atom is 0.349 e. The van der Waals surface area contributed by atoms with Gasteiger partial charge in [0.2, 0.25) is 0 Å². The van der Waals surface area contributed by atoms with Gasteiger partial charge in [0, 0.05) is 16.6 Å². The standard InChI is InChI=1S/C18H10ClN3O3/c19-13-7-5-11(6-8-13)10-20-18-22-21-16(25-18)14-9-12-3-1-2-4-15(12)24-17(14)23/h1-10H/b20-10+. The van der Waals surface area contributed by atoms with Gasteiger partial charge < -0.3 is 8.83 Å². The number of hydrogen-bond donors (Lipinski definition) is 0. The second-order valence-corrected chi connectivity index (χ2v) is 5.62. The van der Waals surface area contributed by atoms with E-state index in [0.717, 1.165) is 10.9 Å². The monoisotopic (exact) mass is 351 g/mol. The van der Waals surface area contributed by atoms with E-state index in [0.29, 0.717) is 10.6 Å². The zero-order valence-electron chi connectivity index (χ0n) is 12.7. The molecule has 0 N–H and O–H groups in total. The minimum absolute atomic E-state index is 0.0394. The molecule has 0 fully saturated rings. The Kier molecular flexibility index (Phi) is 3.87. The normalized spacial score (nSPS) is 11.4. The minimum atomic E-state index is -0.546. The molecule has 0 amide bonds. The number of fused-ring (bicyclic) bond motifs is 1. The van der Waals surface area contributed by atoms with Gasteiger partial charge in [-0.15, -0.1) is 5.10 Å². The van der Waals surface area contributed by atoms with Crippen molar-refractivity contribution in [1.82, 2.24) is 10.2 Å². The van der Waals surface area contributed by atoms with Crippen molar-refractivity contribution in [2.75, 3.05) is 0 Å². The van der Waals surface area contributed by atoms with E-state index in [1.807, 2.05) is 12.1 Å². The molecule has 0 radical (unpaired) electrons. The molecule has 4 rings (SSSR count). The Bertz CT molecular complexity index is 1130. The summed E-state index contributed by atoms with van der Waals surface area (Å²) in [6, 6.07) is 16.0. The summed E-state index contributed by atoms with van der Waals surface area (Å²) in [6.07, 6.45) is 1.57. The molecule has 2 heterocycles. The van der Waals surface area contributed by atoms with E-state index < -0.39 is 5.63 Å². The molecule has 0 spiro atoms. The van der Waals surface area contributed by atoms with Gasteiger partial charge in [-0.25, -0.2) is 9.79 Å². The Morgan fingerprint density at radius 2 is 1.80 bits per heavy atom. The topological polar surface area (TPSA) is 81.5 Å². The molecule has 0 aliphatic carbocycles. The molecule has 0 saturated carbocycles. The van der Waals surface area contributed by atoms with Crippen molar-refractivity contribution in [2.45, 2.75) is 0 Å². The summed E-state index contributed by atoms with van der Waals surface area (Å²) in [4.78, 5) is 16.2. The van der Waals surface area contributed by atoms with Crippen molar-refractivity contribution in [1.29, 1.82) is 0 Å². The van der Waals surface area contributed by atoms with Crippen LogP contribution in [0, 0.1) is 0 Å². The Morgan fingerprint density at radius 3 is 2.64 bits per heavy atom. The fourth-order valence-electron chi connectivity index (χ4n) is 2.27. The molecule has 0 aliphatic heterocycles. The predicted molar refractivity (Wildman–Crippen MR) is 94.5 cm³/mol. The van der Waals surface area contributed by atoms with E-state index in [4.69, 9.17) is 20.4 Å². The summed E-state index contributed by atoms with van der Waals surface area (Å²) in [5.74, 6) is 0.0581. The van der Waals surface area contributed by atoms with E-state index in [1.54, 1.807) is 48.7 Å². The highest BCUT2D eigenvalue weighted by Crippen LogP contribution is 2.22. The summed E-state index contributed by atoms with van der Waals surface area (Å²) in [7, 11) is 0. The highest BCUT2D eigenvalue weighted by Gasteiger charge is 2.14. The second kappa shape index (κ2) is 6.33. The third-order valence-electron chi connectivity index (χ3n) is 3.48. The van der Waals surface area contributed by atoms with Gasteiger partial charge in [0.05, 0.1) is 0 Å². The first-order valence-corrected chi connectivity index (χ1v) is 7.73. The molecule has 7 heteroatoms. The number of halogens is 1. The number of benzene rings is 2. The Morgan fingerprint density at radius 1 is 1.00 bits per heavy atom. The van der Waals surface area contributed by atoms with Crippen molar-refractivity contribution in [3.8, 4) is 11.5 Å². The summed E-state index contributed by atoms with van der Waals surface area (Å²) < 4.78 is 10.7. The molecule has 2 aromatic heterocycles. The molecular formula is C18H10ClN3O3. The van der Waals surface area contributed by atoms with Crippen LogP contribution in [0.5, 0.6) is 0 Å². The third-order valence-corrected chi connectivity index (χ3v) is 3.73. The molecule has 0 bridgehead atoms. The van der Waals surface area contributed by atoms with Crippen molar-refractivity contribution < 1.29 is 8.83 Å². The van der Waals surface area contributed by atoms with Gasteiger partial charge in [-0.1, -0.05) is 47.0 Å². The number of aromatic nitrogens is 2. The Balaban J connectivity index is 1.66. The van der Waals surface area contributed by atoms with Crippen LogP contribution < -0.4 is 5.63 Å². The first kappa shape index (κ1) is 15.3. The van der Waals surface area contributed by atoms with Gasteiger partial charge in [0.25, 0.3) is 5.89 Å². The van der Waals surface area contributed by atoms with Crippen molar-refractivity contribution >= 4 is 34.8 Å². The molecule has 6 nitrogen and oxygen atoms in total. The van der Waals surface area contributed by atoms with Crippen LogP contribution in [0.4, 0.5) is 6.01 Å². The summed E-state index contributed by atoms with van der Waals surface area (Å²) in [6.45, 7) is 0. The van der Waals surface area contributed by atoms with Crippen LogP contribution >= 0.6 is 11.6 Å². The molecule has 0 atom stereocenters. The lowest BCUT2D eigenvalue weighted by Gasteiger charge is -1.97. The lowest BCUT2D eigenvalue weighted by Crippen LogP contribution is -2.02. The van der Waals surface area contributed by atoms with Crippen LogP contribution in [-0.2, 0) is 0 Å². The maximum absolute atomic E-state index is 12.1. The van der Waals surface area contributed by atoms with Gasteiger partial charge in [-0.2, -0.15) is 0 Å². The number of aliphatic imine (C=N–C) groups is 1. The number of hydrogen-bond acceptors (Lipinski definition) is 6. The van der Waals surface area contributed by atoms with Crippen LogP contribution in [0.25, 0.3) is 22.4 Å². The smallest absolute Gasteiger partial charge is 0.349 e. The number of rotatable bonds is 3. The quantitative estimate of drug-likeness (QED) is 0.407. The Hall–Kier alpha value is -3.25. The van der Waals surface area contributed by atoms with Gasteiger partial charge in [-0.05, 0) is 29.8 Å². The van der Waals surface area contributed by atoms with Crippen LogP contribution in [0.15, 0.2) is 73.2 Å². The average molecular weight is 352 g/mol. The van der Waals surface area contributed by atoms with Crippen LogP contribution in [0.3, 0.4) is 0 Å². The third kappa shape index (κ3) is 3.20. The first-order valence-electron chi connectivity index (χ1n) is 7.35. The van der Waals surface area contributed by atoms with Crippen molar-refractivity contribution in [2.24, 2.45) is 4.99 Å². The van der Waals surface area contributed by atoms with E-state index in [2.05, 4.69) is 15.2 Å². The summed E-state index contributed by atoms with van der Waals surface area (Å²) in [5, 5.41) is 9.10. The SMILES string of the molecule is O=c1oc2ccccc2cc1-c1nnc(/N=C/c2ccc(Cl)cc2)o1. The maximum atomic E-state index is 12.1. The molecule has 0 aliphatic rings. The number of para-hydroxylation sites is 1. The van der Waals surface area contributed by atoms with E-state index in [9.17, 15) is 4.79 Å². The molecule has 0 saturated heterocycles. The van der Waals surface area contributed by atoms with E-state index >= 15 is 0 Å². The highest BCUT2D eigenvalue weighted by atomic mass is 35.5. The lowest BCUT2D eigenvalue weighted by molar-refractivity contribution is 0.546. The predicted octanol–water partition coefficient (Wildman–Crippen LogP) is 4.25. The van der Waals surface area contributed by atoms with E-state index in [-0.39, 0.29) is 17.5 Å². The van der Waals surface area contributed by atoms with Gasteiger partial charge >= 0.3 is 11.6 Å². The summed E-state index contributed by atoms with van der Waals surface area (Å²) in [5.41, 5.74) is 0.973. The van der Waals surface area contributed by atoms with Crippen molar-refractivity contribution in [3.63, 3.8) is 0 Å². The molecular weight excluding hydrogens is 342 g/mol. The van der Waals surface area contributed by atoms with Gasteiger partial charge in [-0.3, -0.25) is 0 Å². The lowest BCUT2D eigenvalue weighted by atomic mass is 10.2. The first-order chi connectivity index (χ1) is 12.2. The zero-order valence-corrected chi connectivity index (χ0v) is 13.5. The van der Waals surface area contributed by atoms with Gasteiger partial charge in [0.1, 0.15) is 11.1 Å². The van der Waals surface area contributed by atoms with Gasteiger partial charge in [0.15, 0.2) is 0 Å². The van der Waals surface area contributed by atoms with Crippen molar-refractivity contribution in [3.05, 3.63) is 75.6 Å². The Labute approximate surface area is 146 Å². The number of nitrogens with zero attached hydrogens (tertiary/aromatic N) is 3. The molecule has 0 unspecified atom stereocenters. The molecule has 2 aromatic carbocycles. The molecule has 4 aromatic rings. The fraction of sp³-hybridized carbons (Fsp3) is 0. The van der Waals surface area contributed by atoms with Crippen LogP contribution in [0.1, 0.15) is 5.56 Å². The zero-order chi connectivity index (χ0) is 17.2. The second-order valence-electron chi connectivity index (χ2n) is 5.18. The summed E-state index contributed by atoms with van der Waals surface area (Å²) >= 11 is 5.83. The highest BCUT2D eigenvalue weighted by molar-refractivity contribution is 6.30. The average Bonchev–Trinajstić information content (AvgIpc) is 3.09. The fourth-order valence-corrected chi connectivity index (χ4v) is 2.39. The molecule has 25 heavy (non-hydrogen) atoms. The van der Waals surface area contributed by atoms with Crippen LogP contribution in [-0.4, -0.2) is 16.4 Å². The van der Waals surface area contributed by atoms with E-state index in [1.165, 1.54) is 0 Å². The molecule has 122 valence electrons. The largest absolute Gasteiger partial charge is 0.422 e. The minimum Gasteiger partial charge on any atom is -0.422 e.